The maximum Gasteiger partial charge on any atom is 0.239 e. The van der Waals surface area contributed by atoms with Gasteiger partial charge in [-0.25, -0.2) is 4.98 Å². The van der Waals surface area contributed by atoms with Crippen LogP contribution in [0.25, 0.3) is 0 Å². The molecule has 0 fully saturated rings. The number of pyridine rings is 1. The molecule has 2 aromatic rings. The minimum atomic E-state index is -0.147. The lowest BCUT2D eigenvalue weighted by atomic mass is 10.2. The lowest BCUT2D eigenvalue weighted by Gasteiger charge is -2.09. The van der Waals surface area contributed by atoms with E-state index in [9.17, 15) is 5.11 Å². The van der Waals surface area contributed by atoms with Crippen molar-refractivity contribution < 1.29 is 9.84 Å². The van der Waals surface area contributed by atoms with Crippen LogP contribution in [0.3, 0.4) is 0 Å². The van der Waals surface area contributed by atoms with E-state index in [0.29, 0.717) is 16.9 Å². The third kappa shape index (κ3) is 2.43. The van der Waals surface area contributed by atoms with E-state index in [0.717, 1.165) is 0 Å². The van der Waals surface area contributed by atoms with Gasteiger partial charge in [0.2, 0.25) is 5.88 Å². The largest absolute Gasteiger partial charge is 0.437 e. The van der Waals surface area contributed by atoms with Crippen molar-refractivity contribution in [2.75, 3.05) is 0 Å². The highest BCUT2D eigenvalue weighted by Gasteiger charge is 2.11. The molecule has 0 amide bonds. The van der Waals surface area contributed by atoms with Crippen LogP contribution in [-0.4, -0.2) is 10.1 Å². The summed E-state index contributed by atoms with van der Waals surface area (Å²) in [4.78, 5) is 3.97. The molecule has 0 saturated carbocycles. The van der Waals surface area contributed by atoms with Crippen LogP contribution in [0.5, 0.6) is 11.6 Å². The van der Waals surface area contributed by atoms with Crippen LogP contribution in [0.2, 0.25) is 5.02 Å². The molecule has 1 aromatic heterocycles. The number of aliphatic hydroxyl groups excluding tert-OH is 1. The quantitative estimate of drug-likeness (QED) is 0.921. The maximum atomic E-state index is 9.18. The second-order valence-electron chi connectivity index (χ2n) is 3.46. The molecule has 0 atom stereocenters. The van der Waals surface area contributed by atoms with Crippen LogP contribution in [0.15, 0.2) is 36.5 Å². The number of benzene rings is 1. The van der Waals surface area contributed by atoms with Crippen LogP contribution in [0.4, 0.5) is 0 Å². The van der Waals surface area contributed by atoms with E-state index in [4.69, 9.17) is 21.6 Å². The summed E-state index contributed by atoms with van der Waals surface area (Å²) in [6, 6.07) is 10.5. The third-order valence-corrected chi connectivity index (χ3v) is 2.69. The van der Waals surface area contributed by atoms with Gasteiger partial charge in [0, 0.05) is 11.8 Å². The predicted octanol–water partition coefficient (Wildman–Crippen LogP) is 2.89. The van der Waals surface area contributed by atoms with E-state index in [1.54, 1.807) is 24.3 Å². The molecule has 18 heavy (non-hydrogen) atoms. The number of aliphatic hydroxyl groups is 1. The number of para-hydroxylation sites is 1. The van der Waals surface area contributed by atoms with Crippen molar-refractivity contribution in [3.8, 4) is 17.7 Å². The van der Waals surface area contributed by atoms with Crippen molar-refractivity contribution in [2.45, 2.75) is 6.61 Å². The lowest BCUT2D eigenvalue weighted by molar-refractivity contribution is 0.276. The van der Waals surface area contributed by atoms with Gasteiger partial charge in [0.25, 0.3) is 0 Å². The van der Waals surface area contributed by atoms with E-state index in [2.05, 4.69) is 4.98 Å². The van der Waals surface area contributed by atoms with Gasteiger partial charge < -0.3 is 9.84 Å². The molecule has 2 rings (SSSR count). The summed E-state index contributed by atoms with van der Waals surface area (Å²) in [5, 5.41) is 18.2. The second-order valence-corrected chi connectivity index (χ2v) is 3.84. The highest BCUT2D eigenvalue weighted by atomic mass is 35.5. The summed E-state index contributed by atoms with van der Waals surface area (Å²) in [6.07, 6.45) is 1.45. The smallest absolute Gasteiger partial charge is 0.239 e. The fourth-order valence-electron chi connectivity index (χ4n) is 1.42. The molecule has 0 bridgehead atoms. The summed E-state index contributed by atoms with van der Waals surface area (Å²) < 4.78 is 5.52. The zero-order chi connectivity index (χ0) is 13.0. The van der Waals surface area contributed by atoms with Gasteiger partial charge in [-0.1, -0.05) is 29.8 Å². The molecule has 90 valence electrons. The minimum absolute atomic E-state index is 0.147. The standard InChI is InChI=1S/C13H9ClN2O2/c14-12-9(7-15)5-6-16-13(12)18-11-4-2-1-3-10(11)8-17/h1-6,17H,8H2. The zero-order valence-corrected chi connectivity index (χ0v) is 10.1. The van der Waals surface area contributed by atoms with Gasteiger partial charge in [-0.2, -0.15) is 5.26 Å². The van der Waals surface area contributed by atoms with E-state index < -0.39 is 0 Å². The normalized spacial score (nSPS) is 9.83. The summed E-state index contributed by atoms with van der Waals surface area (Å²) in [7, 11) is 0. The molecule has 0 aliphatic rings. The summed E-state index contributed by atoms with van der Waals surface area (Å²) in [5.74, 6) is 0.612. The van der Waals surface area contributed by atoms with Gasteiger partial charge in [0.1, 0.15) is 16.8 Å². The zero-order valence-electron chi connectivity index (χ0n) is 9.30. The molecule has 0 unspecified atom stereocenters. The Morgan fingerprint density at radius 1 is 1.33 bits per heavy atom. The molecule has 0 aliphatic heterocycles. The SMILES string of the molecule is N#Cc1ccnc(Oc2ccccc2CO)c1Cl. The molecule has 4 nitrogen and oxygen atoms in total. The average Bonchev–Trinajstić information content (AvgIpc) is 2.42. The Balaban J connectivity index is 2.38. The Bertz CT molecular complexity index is 608. The number of hydrogen-bond donors (Lipinski definition) is 1. The van der Waals surface area contributed by atoms with Crippen molar-refractivity contribution >= 4 is 11.6 Å². The van der Waals surface area contributed by atoms with Crippen LogP contribution >= 0.6 is 11.6 Å². The first-order valence-electron chi connectivity index (χ1n) is 5.17. The van der Waals surface area contributed by atoms with Gasteiger partial charge in [0.15, 0.2) is 0 Å². The molecule has 1 aromatic carbocycles. The fourth-order valence-corrected chi connectivity index (χ4v) is 1.61. The number of aromatic nitrogens is 1. The van der Waals surface area contributed by atoms with Crippen LogP contribution in [-0.2, 0) is 6.61 Å². The Morgan fingerprint density at radius 3 is 2.83 bits per heavy atom. The summed E-state index contributed by atoms with van der Waals surface area (Å²) >= 11 is 5.98. The second kappa shape index (κ2) is 5.50. The number of ether oxygens (including phenoxy) is 1. The topological polar surface area (TPSA) is 66.1 Å². The lowest BCUT2D eigenvalue weighted by Crippen LogP contribution is -1.94. The Labute approximate surface area is 109 Å². The summed E-state index contributed by atoms with van der Waals surface area (Å²) in [6.45, 7) is -0.147. The fraction of sp³-hybridized carbons (Fsp3) is 0.0769. The van der Waals surface area contributed by atoms with Gasteiger partial charge in [-0.3, -0.25) is 0 Å². The molecule has 0 saturated heterocycles. The van der Waals surface area contributed by atoms with Crippen molar-refractivity contribution in [2.24, 2.45) is 0 Å². The number of rotatable bonds is 3. The highest BCUT2D eigenvalue weighted by Crippen LogP contribution is 2.31. The number of hydrogen-bond acceptors (Lipinski definition) is 4. The van der Waals surface area contributed by atoms with Gasteiger partial charge in [-0.05, 0) is 12.1 Å². The maximum absolute atomic E-state index is 9.18. The van der Waals surface area contributed by atoms with Gasteiger partial charge >= 0.3 is 0 Å². The molecule has 1 heterocycles. The van der Waals surface area contributed by atoms with Crippen LogP contribution < -0.4 is 4.74 Å². The number of nitriles is 1. The molecular weight excluding hydrogens is 252 g/mol. The van der Waals surface area contributed by atoms with Crippen molar-refractivity contribution in [3.05, 3.63) is 52.7 Å². The Morgan fingerprint density at radius 2 is 2.11 bits per heavy atom. The van der Waals surface area contributed by atoms with E-state index in [1.807, 2.05) is 6.07 Å². The molecular formula is C13H9ClN2O2. The number of nitrogens with zero attached hydrogens (tertiary/aromatic N) is 2. The monoisotopic (exact) mass is 260 g/mol. The first kappa shape index (κ1) is 12.4. The Kier molecular flexibility index (Phi) is 3.78. The van der Waals surface area contributed by atoms with E-state index in [-0.39, 0.29) is 17.5 Å². The molecule has 5 heteroatoms. The predicted molar refractivity (Wildman–Crippen MR) is 66.4 cm³/mol. The molecule has 0 aliphatic carbocycles. The average molecular weight is 261 g/mol. The molecule has 0 radical (unpaired) electrons. The van der Waals surface area contributed by atoms with E-state index >= 15 is 0 Å². The molecule has 1 N–H and O–H groups in total. The van der Waals surface area contributed by atoms with Crippen molar-refractivity contribution in [1.29, 1.82) is 5.26 Å². The van der Waals surface area contributed by atoms with Crippen LogP contribution in [0.1, 0.15) is 11.1 Å². The highest BCUT2D eigenvalue weighted by molar-refractivity contribution is 6.33. The minimum Gasteiger partial charge on any atom is -0.437 e. The summed E-state index contributed by atoms with van der Waals surface area (Å²) in [5.41, 5.74) is 0.917. The Hall–Kier alpha value is -2.09. The molecule has 0 spiro atoms. The van der Waals surface area contributed by atoms with E-state index in [1.165, 1.54) is 12.3 Å². The van der Waals surface area contributed by atoms with Crippen LogP contribution in [0, 0.1) is 11.3 Å². The van der Waals surface area contributed by atoms with Gasteiger partial charge in [0.05, 0.1) is 12.2 Å². The first-order chi connectivity index (χ1) is 8.76. The van der Waals surface area contributed by atoms with Crippen molar-refractivity contribution in [1.82, 2.24) is 4.98 Å². The van der Waals surface area contributed by atoms with Gasteiger partial charge in [-0.15, -0.1) is 0 Å². The first-order valence-corrected chi connectivity index (χ1v) is 5.55. The number of halogens is 1. The third-order valence-electron chi connectivity index (χ3n) is 2.33. The van der Waals surface area contributed by atoms with Crippen molar-refractivity contribution in [3.63, 3.8) is 0 Å².